The first-order valence-electron chi connectivity index (χ1n) is 11.7. The lowest BCUT2D eigenvalue weighted by Crippen LogP contribution is -2.29. The van der Waals surface area contributed by atoms with Gasteiger partial charge in [0.15, 0.2) is 0 Å². The first-order valence-corrected chi connectivity index (χ1v) is 11.7. The summed E-state index contributed by atoms with van der Waals surface area (Å²) in [6.07, 6.45) is 4.05. The average Bonchev–Trinajstić information content (AvgIpc) is 3.35. The fraction of sp³-hybridized carbons (Fsp3) is 0.250. The molecule has 1 fully saturated rings. The monoisotopic (exact) mass is 470 g/mol. The van der Waals surface area contributed by atoms with Gasteiger partial charge in [-0.25, -0.2) is 0 Å². The maximum atomic E-state index is 13.3. The van der Waals surface area contributed by atoms with Crippen LogP contribution in [0.1, 0.15) is 42.1 Å². The maximum Gasteiger partial charge on any atom is 0.295 e. The molecule has 5 rings (SSSR count). The van der Waals surface area contributed by atoms with Crippen LogP contribution in [0.5, 0.6) is 11.5 Å². The molecule has 2 atom stereocenters. The van der Waals surface area contributed by atoms with Gasteiger partial charge in [-0.15, -0.1) is 0 Å². The Balaban J connectivity index is 1.63. The number of rotatable bonds is 6. The van der Waals surface area contributed by atoms with E-state index in [1.807, 2.05) is 44.2 Å². The van der Waals surface area contributed by atoms with Crippen molar-refractivity contribution in [1.82, 2.24) is 9.88 Å². The first-order chi connectivity index (χ1) is 17.0. The van der Waals surface area contributed by atoms with Crippen LogP contribution in [0.15, 0.2) is 72.6 Å². The van der Waals surface area contributed by atoms with E-state index < -0.39 is 17.7 Å². The second-order valence-corrected chi connectivity index (χ2v) is 8.74. The van der Waals surface area contributed by atoms with Crippen molar-refractivity contribution in [1.29, 1.82) is 0 Å². The fourth-order valence-electron chi connectivity index (χ4n) is 4.74. The summed E-state index contributed by atoms with van der Waals surface area (Å²) in [5.74, 6) is -0.173. The van der Waals surface area contributed by atoms with Crippen LogP contribution in [0.4, 0.5) is 0 Å². The van der Waals surface area contributed by atoms with Crippen molar-refractivity contribution in [3.63, 3.8) is 0 Å². The number of hydrogen-bond acceptors (Lipinski definition) is 6. The van der Waals surface area contributed by atoms with E-state index in [0.29, 0.717) is 29.9 Å². The number of aliphatic hydroxyl groups is 1. The number of amides is 1. The predicted octanol–water partition coefficient (Wildman–Crippen LogP) is 4.43. The third-order valence-electron chi connectivity index (χ3n) is 6.30. The molecule has 0 radical (unpaired) electrons. The highest BCUT2D eigenvalue weighted by Crippen LogP contribution is 2.42. The number of ether oxygens (including phenoxy) is 2. The number of Topliss-reactive ketones (excluding diaryl/α,β-unsaturated/α-hetero) is 1. The van der Waals surface area contributed by atoms with E-state index in [9.17, 15) is 14.7 Å². The molecule has 3 heterocycles. The highest BCUT2D eigenvalue weighted by molar-refractivity contribution is 6.46. The Morgan fingerprint density at radius 1 is 1.14 bits per heavy atom. The number of ketones is 1. The number of carbonyl (C=O) groups is 2. The van der Waals surface area contributed by atoms with Crippen LogP contribution < -0.4 is 9.47 Å². The Morgan fingerprint density at radius 2 is 1.94 bits per heavy atom. The zero-order valence-corrected chi connectivity index (χ0v) is 19.6. The Labute approximate surface area is 203 Å². The Kier molecular flexibility index (Phi) is 5.99. The van der Waals surface area contributed by atoms with Crippen LogP contribution in [0.25, 0.3) is 5.76 Å². The zero-order valence-electron chi connectivity index (χ0n) is 19.6. The second-order valence-electron chi connectivity index (χ2n) is 8.74. The van der Waals surface area contributed by atoms with Gasteiger partial charge in [0, 0.05) is 30.9 Å². The van der Waals surface area contributed by atoms with Crippen LogP contribution >= 0.6 is 0 Å². The molecule has 1 aromatic heterocycles. The summed E-state index contributed by atoms with van der Waals surface area (Å²) in [6, 6.07) is 15.5. The average molecular weight is 471 g/mol. The summed E-state index contributed by atoms with van der Waals surface area (Å²) in [5.41, 5.74) is 3.02. The van der Waals surface area contributed by atoms with Gasteiger partial charge < -0.3 is 19.5 Å². The van der Waals surface area contributed by atoms with Crippen molar-refractivity contribution in [3.05, 3.63) is 94.8 Å². The largest absolute Gasteiger partial charge is 0.507 e. The van der Waals surface area contributed by atoms with E-state index in [-0.39, 0.29) is 24.0 Å². The summed E-state index contributed by atoms with van der Waals surface area (Å²) >= 11 is 0. The van der Waals surface area contributed by atoms with Crippen molar-refractivity contribution in [2.45, 2.75) is 39.0 Å². The maximum absolute atomic E-state index is 13.3. The number of aliphatic hydroxyl groups excluding tert-OH is 1. The molecule has 1 N–H and O–H groups in total. The Hall–Kier alpha value is -4.13. The lowest BCUT2D eigenvalue weighted by molar-refractivity contribution is -0.140. The van der Waals surface area contributed by atoms with Crippen LogP contribution in [-0.2, 0) is 22.6 Å². The summed E-state index contributed by atoms with van der Waals surface area (Å²) in [5, 5.41) is 11.4. The predicted molar refractivity (Wildman–Crippen MR) is 130 cm³/mol. The Bertz CT molecular complexity index is 1320. The van der Waals surface area contributed by atoms with Gasteiger partial charge in [0.25, 0.3) is 11.7 Å². The van der Waals surface area contributed by atoms with Gasteiger partial charge in [-0.05, 0) is 73.0 Å². The fourth-order valence-corrected chi connectivity index (χ4v) is 4.74. The molecule has 2 unspecified atom stereocenters. The number of benzene rings is 2. The highest BCUT2D eigenvalue weighted by atomic mass is 16.5. The van der Waals surface area contributed by atoms with Crippen molar-refractivity contribution in [2.24, 2.45) is 0 Å². The number of nitrogens with zero attached hydrogens (tertiary/aromatic N) is 2. The lowest BCUT2D eigenvalue weighted by Gasteiger charge is -2.25. The molecule has 1 amide bonds. The third-order valence-corrected chi connectivity index (χ3v) is 6.30. The van der Waals surface area contributed by atoms with Crippen LogP contribution in [-0.4, -0.2) is 39.4 Å². The van der Waals surface area contributed by atoms with Crippen molar-refractivity contribution in [3.8, 4) is 11.5 Å². The minimum Gasteiger partial charge on any atom is -0.507 e. The zero-order chi connectivity index (χ0) is 24.5. The molecule has 3 aromatic rings. The quantitative estimate of drug-likeness (QED) is 0.326. The lowest BCUT2D eigenvalue weighted by atomic mass is 9.94. The Morgan fingerprint density at radius 3 is 2.71 bits per heavy atom. The number of aromatic nitrogens is 1. The molecule has 2 aliphatic heterocycles. The number of likely N-dealkylation sites (tertiary alicyclic amines) is 1. The van der Waals surface area contributed by atoms with Gasteiger partial charge in [-0.2, -0.15) is 0 Å². The molecule has 2 aromatic carbocycles. The summed E-state index contributed by atoms with van der Waals surface area (Å²) in [7, 11) is 0. The van der Waals surface area contributed by atoms with Crippen molar-refractivity contribution < 1.29 is 24.2 Å². The first kappa shape index (κ1) is 22.7. The van der Waals surface area contributed by atoms with E-state index in [0.717, 1.165) is 16.9 Å². The van der Waals surface area contributed by atoms with Gasteiger partial charge in [0.2, 0.25) is 0 Å². The van der Waals surface area contributed by atoms with Gasteiger partial charge in [-0.3, -0.25) is 14.6 Å². The van der Waals surface area contributed by atoms with Crippen molar-refractivity contribution >= 4 is 17.4 Å². The number of pyridine rings is 1. The molecule has 7 nitrogen and oxygen atoms in total. The van der Waals surface area contributed by atoms with E-state index in [1.165, 1.54) is 4.90 Å². The van der Waals surface area contributed by atoms with Crippen molar-refractivity contribution in [2.75, 3.05) is 6.61 Å². The molecule has 178 valence electrons. The van der Waals surface area contributed by atoms with E-state index in [4.69, 9.17) is 9.47 Å². The number of carbonyl (C=O) groups excluding carboxylic acids is 2. The van der Waals surface area contributed by atoms with E-state index >= 15 is 0 Å². The second kappa shape index (κ2) is 9.25. The molecule has 7 heteroatoms. The van der Waals surface area contributed by atoms with Crippen LogP contribution in [0.2, 0.25) is 0 Å². The standard InChI is InChI=1S/C28H26N2O5/c1-3-34-22-6-4-5-19(15-22)25-24(26(31)20-7-8-23-21(14-20)13-17(2)35-23)27(32)28(33)30(25)16-18-9-11-29-12-10-18/h4-12,14-15,17,25,31H,3,13,16H2,1-2H3/b26-24+. The molecule has 0 spiro atoms. The minimum absolute atomic E-state index is 0.0506. The molecule has 0 saturated carbocycles. The molecule has 2 aliphatic rings. The number of fused-ring (bicyclic) bond motifs is 1. The number of hydrogen-bond donors (Lipinski definition) is 1. The molecule has 0 aliphatic carbocycles. The highest BCUT2D eigenvalue weighted by Gasteiger charge is 2.46. The van der Waals surface area contributed by atoms with Gasteiger partial charge in [-0.1, -0.05) is 12.1 Å². The van der Waals surface area contributed by atoms with Crippen LogP contribution in [0, 0.1) is 0 Å². The summed E-state index contributed by atoms with van der Waals surface area (Å²) in [4.78, 5) is 32.1. The molecular formula is C28H26N2O5. The summed E-state index contributed by atoms with van der Waals surface area (Å²) < 4.78 is 11.4. The van der Waals surface area contributed by atoms with E-state index in [1.54, 1.807) is 36.7 Å². The molecular weight excluding hydrogens is 444 g/mol. The molecule has 35 heavy (non-hydrogen) atoms. The van der Waals surface area contributed by atoms with Crippen LogP contribution in [0.3, 0.4) is 0 Å². The van der Waals surface area contributed by atoms with Gasteiger partial charge in [0.05, 0.1) is 18.2 Å². The normalized spacial score (nSPS) is 20.6. The third kappa shape index (κ3) is 4.25. The van der Waals surface area contributed by atoms with Gasteiger partial charge in [0.1, 0.15) is 23.4 Å². The molecule has 0 bridgehead atoms. The van der Waals surface area contributed by atoms with E-state index in [2.05, 4.69) is 4.98 Å². The minimum atomic E-state index is -0.771. The SMILES string of the molecule is CCOc1cccc(C2/C(=C(\O)c3ccc4c(c3)CC(C)O4)C(=O)C(=O)N2Cc2ccncc2)c1. The smallest absolute Gasteiger partial charge is 0.295 e. The molecule has 1 saturated heterocycles. The van der Waals surface area contributed by atoms with Gasteiger partial charge >= 0.3 is 0 Å². The summed E-state index contributed by atoms with van der Waals surface area (Å²) in [6.45, 7) is 4.55. The topological polar surface area (TPSA) is 89.0 Å².